The molecule has 1 fully saturated rings. The molecule has 0 saturated carbocycles. The van der Waals surface area contributed by atoms with Crippen LogP contribution in [-0.4, -0.2) is 42.7 Å². The fourth-order valence-electron chi connectivity index (χ4n) is 3.12. The number of nitrogens with one attached hydrogen (secondary N) is 1. The van der Waals surface area contributed by atoms with E-state index in [9.17, 15) is 8.42 Å². The molecule has 0 spiro atoms. The van der Waals surface area contributed by atoms with Crippen molar-refractivity contribution in [2.24, 2.45) is 16.5 Å². The summed E-state index contributed by atoms with van der Waals surface area (Å²) in [4.78, 5) is 6.78. The maximum atomic E-state index is 11.1. The molecule has 2 aromatic rings. The monoisotopic (exact) mass is 386 g/mol. The van der Waals surface area contributed by atoms with E-state index in [1.165, 1.54) is 0 Å². The van der Waals surface area contributed by atoms with Gasteiger partial charge >= 0.3 is 0 Å². The largest absolute Gasteiger partial charge is 0.354 e. The van der Waals surface area contributed by atoms with Crippen LogP contribution in [0.2, 0.25) is 5.15 Å². The first-order valence-electron chi connectivity index (χ1n) is 8.03. The van der Waals surface area contributed by atoms with Crippen LogP contribution in [0.3, 0.4) is 0 Å². The Kier molecular flexibility index (Phi) is 4.47. The van der Waals surface area contributed by atoms with E-state index in [1.807, 2.05) is 33.8 Å². The average molecular weight is 387 g/mol. The van der Waals surface area contributed by atoms with Gasteiger partial charge in [-0.15, -0.1) is 0 Å². The van der Waals surface area contributed by atoms with Crippen LogP contribution < -0.4 is 14.8 Å². The number of nitrogens with two attached hydrogens (primary N) is 1. The van der Waals surface area contributed by atoms with Gasteiger partial charge in [-0.2, -0.15) is 13.5 Å². The smallest absolute Gasteiger partial charge is 0.274 e. The molecule has 1 aliphatic heterocycles. The van der Waals surface area contributed by atoms with Gasteiger partial charge in [-0.1, -0.05) is 25.4 Å². The van der Waals surface area contributed by atoms with Gasteiger partial charge in [-0.3, -0.25) is 0 Å². The van der Waals surface area contributed by atoms with Crippen molar-refractivity contribution in [2.45, 2.75) is 27.7 Å². The summed E-state index contributed by atoms with van der Waals surface area (Å²) < 4.78 is 26.4. The molecule has 8 nitrogen and oxygen atoms in total. The summed E-state index contributed by atoms with van der Waals surface area (Å²) in [5, 5.41) is 9.98. The van der Waals surface area contributed by atoms with Gasteiger partial charge in [-0.25, -0.2) is 19.4 Å². The third-order valence-electron chi connectivity index (χ3n) is 4.86. The van der Waals surface area contributed by atoms with Crippen molar-refractivity contribution in [1.29, 1.82) is 0 Å². The Balaban J connectivity index is 1.80. The molecule has 2 aromatic heterocycles. The summed E-state index contributed by atoms with van der Waals surface area (Å²) in [6.07, 6.45) is 0. The van der Waals surface area contributed by atoms with Crippen LogP contribution in [0, 0.1) is 25.2 Å². The molecular formula is C15H23ClN6O2S. The zero-order valence-electron chi connectivity index (χ0n) is 14.7. The number of nitrogens with zero attached hydrogens (tertiary/aromatic N) is 4. The number of fused-ring (bicyclic) bond motifs is 1. The first kappa shape index (κ1) is 18.4. The molecule has 3 heterocycles. The number of hydrogen-bond acceptors (Lipinski definition) is 5. The summed E-state index contributed by atoms with van der Waals surface area (Å²) in [6.45, 7) is 9.77. The Morgan fingerprint density at radius 3 is 2.64 bits per heavy atom. The maximum Gasteiger partial charge on any atom is 0.274 e. The average Bonchev–Trinajstić information content (AvgIpc) is 2.69. The predicted molar refractivity (Wildman–Crippen MR) is 98.1 cm³/mol. The second kappa shape index (κ2) is 6.08. The van der Waals surface area contributed by atoms with Crippen LogP contribution in [0.25, 0.3) is 5.52 Å². The van der Waals surface area contributed by atoms with E-state index in [2.05, 4.69) is 19.7 Å². The van der Waals surface area contributed by atoms with Gasteiger partial charge in [0.15, 0.2) is 5.82 Å². The highest BCUT2D eigenvalue weighted by atomic mass is 35.5. The second-order valence-electron chi connectivity index (χ2n) is 7.35. The fraction of sp³-hybridized carbons (Fsp3) is 0.600. The Labute approximate surface area is 152 Å². The van der Waals surface area contributed by atoms with Crippen LogP contribution in [0.1, 0.15) is 25.2 Å². The Bertz CT molecular complexity index is 918. The summed E-state index contributed by atoms with van der Waals surface area (Å²) in [6, 6.07) is 1.88. The van der Waals surface area contributed by atoms with E-state index in [0.717, 1.165) is 30.0 Å². The molecule has 0 amide bonds. The standard InChI is InChI=1S/C15H23ClN6O2S/c1-9-5-12(16)22-13(9)14(19-10(2)20-22)21-6-11(7-21)15(3,4)8-18-25(17,23)24/h5,11,18H,6-8H2,1-4H3,(H2,17,23,24). The van der Waals surface area contributed by atoms with Crippen molar-refractivity contribution in [3.63, 3.8) is 0 Å². The molecule has 25 heavy (non-hydrogen) atoms. The molecule has 0 aromatic carbocycles. The fourth-order valence-corrected chi connectivity index (χ4v) is 3.98. The van der Waals surface area contributed by atoms with Gasteiger partial charge in [-0.05, 0) is 30.9 Å². The van der Waals surface area contributed by atoms with E-state index >= 15 is 0 Å². The van der Waals surface area contributed by atoms with Crippen molar-refractivity contribution >= 4 is 33.1 Å². The lowest BCUT2D eigenvalue weighted by Crippen LogP contribution is -2.56. The number of aromatic nitrogens is 3. The number of rotatable bonds is 5. The minimum atomic E-state index is -3.68. The summed E-state index contributed by atoms with van der Waals surface area (Å²) >= 11 is 6.25. The lowest BCUT2D eigenvalue weighted by Gasteiger charge is -2.48. The number of hydrogen-bond donors (Lipinski definition) is 2. The van der Waals surface area contributed by atoms with E-state index < -0.39 is 10.2 Å². The van der Waals surface area contributed by atoms with Gasteiger partial charge in [0.05, 0.1) is 0 Å². The van der Waals surface area contributed by atoms with Crippen LogP contribution in [0.15, 0.2) is 6.07 Å². The van der Waals surface area contributed by atoms with Crippen molar-refractivity contribution in [1.82, 2.24) is 19.3 Å². The summed E-state index contributed by atoms with van der Waals surface area (Å²) in [5.41, 5.74) is 1.73. The molecule has 138 valence electrons. The molecule has 3 N–H and O–H groups in total. The SMILES string of the molecule is Cc1nc(N2CC(C(C)(C)CNS(N)(=O)=O)C2)c2c(C)cc(Cl)n2n1. The number of aryl methyl sites for hydroxylation is 2. The summed E-state index contributed by atoms with van der Waals surface area (Å²) in [5.74, 6) is 1.84. The molecule has 1 saturated heterocycles. The highest BCUT2D eigenvalue weighted by molar-refractivity contribution is 7.87. The molecule has 0 bridgehead atoms. The molecule has 0 unspecified atom stereocenters. The summed E-state index contributed by atoms with van der Waals surface area (Å²) in [7, 11) is -3.68. The zero-order chi connectivity index (χ0) is 18.6. The van der Waals surface area contributed by atoms with Gasteiger partial charge in [0, 0.05) is 25.6 Å². The Morgan fingerprint density at radius 2 is 2.04 bits per heavy atom. The first-order valence-corrected chi connectivity index (χ1v) is 9.95. The molecule has 0 atom stereocenters. The van der Waals surface area contributed by atoms with Gasteiger partial charge in [0.1, 0.15) is 16.5 Å². The van der Waals surface area contributed by atoms with Crippen LogP contribution in [-0.2, 0) is 10.2 Å². The van der Waals surface area contributed by atoms with Crippen LogP contribution >= 0.6 is 11.6 Å². The van der Waals surface area contributed by atoms with E-state index in [-0.39, 0.29) is 5.41 Å². The molecule has 1 aliphatic rings. The third kappa shape index (κ3) is 3.59. The second-order valence-corrected chi connectivity index (χ2v) is 9.12. The van der Waals surface area contributed by atoms with Gasteiger partial charge in [0.2, 0.25) is 0 Å². The highest BCUT2D eigenvalue weighted by Crippen LogP contribution is 2.38. The first-order chi connectivity index (χ1) is 11.5. The third-order valence-corrected chi connectivity index (χ3v) is 5.68. The lowest BCUT2D eigenvalue weighted by molar-refractivity contribution is 0.174. The molecule has 0 aliphatic carbocycles. The topological polar surface area (TPSA) is 106 Å². The predicted octanol–water partition coefficient (Wildman–Crippen LogP) is 1.26. The number of halogens is 1. The van der Waals surface area contributed by atoms with Crippen LogP contribution in [0.4, 0.5) is 5.82 Å². The normalized spacial score (nSPS) is 16.5. The van der Waals surface area contributed by atoms with Crippen LogP contribution in [0.5, 0.6) is 0 Å². The lowest BCUT2D eigenvalue weighted by atomic mass is 9.74. The molecule has 3 rings (SSSR count). The molecular weight excluding hydrogens is 364 g/mol. The minimum absolute atomic E-state index is 0.212. The van der Waals surface area contributed by atoms with Gasteiger partial charge < -0.3 is 4.90 Å². The van der Waals surface area contributed by atoms with E-state index in [4.69, 9.17) is 16.7 Å². The van der Waals surface area contributed by atoms with E-state index in [0.29, 0.717) is 23.4 Å². The quantitative estimate of drug-likeness (QED) is 0.804. The van der Waals surface area contributed by atoms with E-state index in [1.54, 1.807) is 4.52 Å². The molecule has 10 heteroatoms. The maximum absolute atomic E-state index is 11.1. The Morgan fingerprint density at radius 1 is 1.40 bits per heavy atom. The van der Waals surface area contributed by atoms with Crippen molar-refractivity contribution in [2.75, 3.05) is 24.5 Å². The van der Waals surface area contributed by atoms with Crippen molar-refractivity contribution < 1.29 is 8.42 Å². The van der Waals surface area contributed by atoms with Crippen molar-refractivity contribution in [3.8, 4) is 0 Å². The molecule has 0 radical (unpaired) electrons. The zero-order valence-corrected chi connectivity index (χ0v) is 16.3. The highest BCUT2D eigenvalue weighted by Gasteiger charge is 2.40. The van der Waals surface area contributed by atoms with Gasteiger partial charge in [0.25, 0.3) is 10.2 Å². The van der Waals surface area contributed by atoms with Crippen molar-refractivity contribution in [3.05, 3.63) is 22.6 Å². The number of anilines is 1. The minimum Gasteiger partial charge on any atom is -0.354 e. The Hall–Kier alpha value is -1.42.